The summed E-state index contributed by atoms with van der Waals surface area (Å²) >= 11 is 1.48. The number of methoxy groups -OCH3 is 1. The Balaban J connectivity index is 1.74. The zero-order chi connectivity index (χ0) is 20.1. The molecule has 1 aliphatic heterocycles. The topological polar surface area (TPSA) is 87.7 Å². The van der Waals surface area contributed by atoms with E-state index in [0.717, 1.165) is 11.3 Å². The molecule has 2 aromatic rings. The smallest absolute Gasteiger partial charge is 0.314 e. The summed E-state index contributed by atoms with van der Waals surface area (Å²) in [6, 6.07) is 12.2. The van der Waals surface area contributed by atoms with E-state index >= 15 is 0 Å². The monoisotopic (exact) mass is 399 g/mol. The highest BCUT2D eigenvalue weighted by Gasteiger charge is 2.25. The quantitative estimate of drug-likeness (QED) is 0.596. The molecular formula is C20H21N3O4S. The standard InChI is InChI=1S/C20H21N3O4S/c1-27-16-10-9-13(12-15(16)23-11-5-8-18(23)24)21-19(25)20(26)22-14-6-3-4-7-17(14)28-2/h3-4,6-7,9-10,12H,5,8,11H2,1-2H3,(H,21,25)(H,22,26). The molecule has 0 aliphatic carbocycles. The van der Waals surface area contributed by atoms with Crippen molar-refractivity contribution in [2.24, 2.45) is 0 Å². The summed E-state index contributed by atoms with van der Waals surface area (Å²) in [6.07, 6.45) is 3.15. The first-order chi connectivity index (χ1) is 13.5. The Morgan fingerprint density at radius 1 is 1.11 bits per heavy atom. The van der Waals surface area contributed by atoms with Crippen LogP contribution in [0.4, 0.5) is 17.1 Å². The van der Waals surface area contributed by atoms with Crippen molar-refractivity contribution in [3.8, 4) is 5.75 Å². The third-order valence-electron chi connectivity index (χ3n) is 4.36. The first-order valence-electron chi connectivity index (χ1n) is 8.77. The van der Waals surface area contributed by atoms with Crippen LogP contribution in [-0.2, 0) is 14.4 Å². The second-order valence-corrected chi connectivity index (χ2v) is 6.99. The number of para-hydroxylation sites is 1. The summed E-state index contributed by atoms with van der Waals surface area (Å²) in [7, 11) is 1.52. The van der Waals surface area contributed by atoms with Crippen LogP contribution in [0.25, 0.3) is 0 Å². The Labute approximate surface area is 167 Å². The highest BCUT2D eigenvalue weighted by atomic mass is 32.2. The molecule has 0 unspecified atom stereocenters. The predicted octanol–water partition coefficient (Wildman–Crippen LogP) is 3.12. The number of thioether (sulfide) groups is 1. The van der Waals surface area contributed by atoms with Crippen molar-refractivity contribution in [3.63, 3.8) is 0 Å². The number of nitrogens with one attached hydrogen (secondary N) is 2. The Morgan fingerprint density at radius 3 is 2.54 bits per heavy atom. The number of rotatable bonds is 5. The van der Waals surface area contributed by atoms with Crippen molar-refractivity contribution >= 4 is 46.5 Å². The molecule has 0 spiro atoms. The van der Waals surface area contributed by atoms with Gasteiger partial charge in [0.1, 0.15) is 5.75 Å². The van der Waals surface area contributed by atoms with Gasteiger partial charge in [-0.15, -0.1) is 11.8 Å². The van der Waals surface area contributed by atoms with E-state index in [-0.39, 0.29) is 5.91 Å². The number of ether oxygens (including phenoxy) is 1. The van der Waals surface area contributed by atoms with Gasteiger partial charge >= 0.3 is 11.8 Å². The number of carbonyl (C=O) groups excluding carboxylic acids is 3. The van der Waals surface area contributed by atoms with Crippen molar-refractivity contribution in [2.75, 3.05) is 35.4 Å². The summed E-state index contributed by atoms with van der Waals surface area (Å²) in [5, 5.41) is 5.20. The Bertz CT molecular complexity index is 916. The summed E-state index contributed by atoms with van der Waals surface area (Å²) in [5.41, 5.74) is 1.57. The third-order valence-corrected chi connectivity index (χ3v) is 5.16. The Morgan fingerprint density at radius 2 is 1.86 bits per heavy atom. The van der Waals surface area contributed by atoms with Gasteiger partial charge < -0.3 is 20.3 Å². The van der Waals surface area contributed by atoms with Crippen LogP contribution in [0.3, 0.4) is 0 Å². The van der Waals surface area contributed by atoms with Crippen LogP contribution in [0.1, 0.15) is 12.8 Å². The molecule has 0 aromatic heterocycles. The van der Waals surface area contributed by atoms with Crippen molar-refractivity contribution in [3.05, 3.63) is 42.5 Å². The third kappa shape index (κ3) is 4.28. The van der Waals surface area contributed by atoms with Crippen LogP contribution in [0.2, 0.25) is 0 Å². The highest BCUT2D eigenvalue weighted by molar-refractivity contribution is 7.98. The number of benzene rings is 2. The average molecular weight is 399 g/mol. The molecule has 1 fully saturated rings. The molecule has 8 heteroatoms. The fraction of sp³-hybridized carbons (Fsp3) is 0.250. The lowest BCUT2D eigenvalue weighted by molar-refractivity contribution is -0.133. The van der Waals surface area contributed by atoms with Crippen molar-refractivity contribution < 1.29 is 19.1 Å². The fourth-order valence-electron chi connectivity index (χ4n) is 3.00. The van der Waals surface area contributed by atoms with Gasteiger partial charge in [0.25, 0.3) is 0 Å². The minimum absolute atomic E-state index is 0.00759. The zero-order valence-corrected chi connectivity index (χ0v) is 16.5. The molecule has 7 nitrogen and oxygen atoms in total. The largest absolute Gasteiger partial charge is 0.495 e. The second-order valence-electron chi connectivity index (χ2n) is 6.14. The zero-order valence-electron chi connectivity index (χ0n) is 15.7. The van der Waals surface area contributed by atoms with E-state index in [9.17, 15) is 14.4 Å². The van der Waals surface area contributed by atoms with E-state index in [0.29, 0.717) is 35.8 Å². The molecule has 3 rings (SSSR count). The maximum Gasteiger partial charge on any atom is 0.314 e. The number of anilines is 3. The van der Waals surface area contributed by atoms with Crippen molar-refractivity contribution in [2.45, 2.75) is 17.7 Å². The number of hydrogen-bond acceptors (Lipinski definition) is 5. The first kappa shape index (κ1) is 19.8. The van der Waals surface area contributed by atoms with Crippen LogP contribution in [0, 0.1) is 0 Å². The summed E-state index contributed by atoms with van der Waals surface area (Å²) in [4.78, 5) is 39.2. The van der Waals surface area contributed by atoms with Crippen molar-refractivity contribution in [1.82, 2.24) is 0 Å². The lowest BCUT2D eigenvalue weighted by atomic mass is 10.2. The van der Waals surface area contributed by atoms with Gasteiger partial charge in [-0.25, -0.2) is 0 Å². The second kappa shape index (κ2) is 8.79. The van der Waals surface area contributed by atoms with Gasteiger partial charge in [-0.3, -0.25) is 14.4 Å². The molecule has 0 atom stereocenters. The van der Waals surface area contributed by atoms with Gasteiger partial charge in [-0.05, 0) is 43.0 Å². The van der Waals surface area contributed by atoms with Crippen LogP contribution in [-0.4, -0.2) is 37.6 Å². The average Bonchev–Trinajstić information content (AvgIpc) is 3.14. The summed E-state index contributed by atoms with van der Waals surface area (Å²) in [6.45, 7) is 0.596. The predicted molar refractivity (Wildman–Crippen MR) is 110 cm³/mol. The Kier molecular flexibility index (Phi) is 6.20. The Hall–Kier alpha value is -3.00. The van der Waals surface area contributed by atoms with Gasteiger partial charge in [-0.2, -0.15) is 0 Å². The number of hydrogen-bond donors (Lipinski definition) is 2. The first-order valence-corrected chi connectivity index (χ1v) is 9.99. The van der Waals surface area contributed by atoms with E-state index in [2.05, 4.69) is 10.6 Å². The molecule has 3 amide bonds. The molecule has 146 valence electrons. The molecule has 1 saturated heterocycles. The van der Waals surface area contributed by atoms with Gasteiger partial charge in [0, 0.05) is 23.5 Å². The van der Waals surface area contributed by atoms with Gasteiger partial charge in [0.15, 0.2) is 0 Å². The van der Waals surface area contributed by atoms with E-state index in [1.54, 1.807) is 35.2 Å². The van der Waals surface area contributed by atoms with Crippen molar-refractivity contribution in [1.29, 1.82) is 0 Å². The van der Waals surface area contributed by atoms with Crippen LogP contribution in [0.15, 0.2) is 47.4 Å². The molecular weight excluding hydrogens is 378 g/mol. The molecule has 1 heterocycles. The van der Waals surface area contributed by atoms with E-state index in [4.69, 9.17) is 4.74 Å². The maximum atomic E-state index is 12.3. The number of amides is 3. The minimum Gasteiger partial charge on any atom is -0.495 e. The van der Waals surface area contributed by atoms with E-state index in [1.807, 2.05) is 18.4 Å². The minimum atomic E-state index is -0.792. The highest BCUT2D eigenvalue weighted by Crippen LogP contribution is 2.34. The van der Waals surface area contributed by atoms with Gasteiger partial charge in [0.2, 0.25) is 5.91 Å². The van der Waals surface area contributed by atoms with Crippen LogP contribution in [0.5, 0.6) is 5.75 Å². The molecule has 2 aromatic carbocycles. The number of nitrogens with zero attached hydrogens (tertiary/aromatic N) is 1. The van der Waals surface area contributed by atoms with E-state index < -0.39 is 11.8 Å². The lowest BCUT2D eigenvalue weighted by Gasteiger charge is -2.20. The molecule has 28 heavy (non-hydrogen) atoms. The normalized spacial score (nSPS) is 13.4. The summed E-state index contributed by atoms with van der Waals surface area (Å²) in [5.74, 6) is -1.02. The molecule has 0 saturated carbocycles. The van der Waals surface area contributed by atoms with Crippen LogP contribution < -0.4 is 20.3 Å². The SMILES string of the molecule is COc1ccc(NC(=O)C(=O)Nc2ccccc2SC)cc1N1CCCC1=O. The molecule has 1 aliphatic rings. The maximum absolute atomic E-state index is 12.3. The molecule has 2 N–H and O–H groups in total. The molecule has 0 bridgehead atoms. The summed E-state index contributed by atoms with van der Waals surface area (Å²) < 4.78 is 5.33. The fourth-order valence-corrected chi connectivity index (χ4v) is 3.55. The van der Waals surface area contributed by atoms with Gasteiger partial charge in [-0.1, -0.05) is 12.1 Å². The van der Waals surface area contributed by atoms with Gasteiger partial charge in [0.05, 0.1) is 18.5 Å². The molecule has 0 radical (unpaired) electrons. The van der Waals surface area contributed by atoms with E-state index in [1.165, 1.54) is 18.9 Å². The lowest BCUT2D eigenvalue weighted by Crippen LogP contribution is -2.29. The number of carbonyl (C=O) groups is 3. The van der Waals surface area contributed by atoms with Crippen LogP contribution >= 0.6 is 11.8 Å².